The molecule has 4 aromatic rings. The number of aryl methyl sites for hydroxylation is 2. The number of ether oxygens (including phenoxy) is 1. The third kappa shape index (κ3) is 5.59. The number of methoxy groups -OCH3 is 1. The molecule has 0 aliphatic carbocycles. The molecule has 0 saturated heterocycles. The number of unbranched alkanes of at least 4 members (excludes halogenated alkanes) is 1. The van der Waals surface area contributed by atoms with E-state index >= 15 is 0 Å². The average molecular weight is 548 g/mol. The van der Waals surface area contributed by atoms with Gasteiger partial charge in [-0.15, -0.1) is 0 Å². The largest absolute Gasteiger partial charge is 0.497 e. The normalized spacial score (nSPS) is 12.3. The molecule has 2 aromatic heterocycles. The fourth-order valence-corrected chi connectivity index (χ4v) is 6.10. The molecule has 204 valence electrons. The summed E-state index contributed by atoms with van der Waals surface area (Å²) in [5, 5.41) is 10.8. The molecular formula is C30H33N3O5S. The van der Waals surface area contributed by atoms with E-state index in [-0.39, 0.29) is 4.90 Å². The maximum absolute atomic E-state index is 14.0. The molecule has 1 atom stereocenters. The molecule has 0 radical (unpaired) electrons. The number of hydrogen-bond donors (Lipinski definition) is 1. The number of rotatable bonds is 10. The van der Waals surface area contributed by atoms with Gasteiger partial charge in [-0.05, 0) is 61.2 Å². The summed E-state index contributed by atoms with van der Waals surface area (Å²) in [6, 6.07) is 16.7. The zero-order valence-corrected chi connectivity index (χ0v) is 23.4. The van der Waals surface area contributed by atoms with Crippen molar-refractivity contribution >= 4 is 9.84 Å². The van der Waals surface area contributed by atoms with Crippen molar-refractivity contribution in [3.63, 3.8) is 0 Å². The first-order valence-electron chi connectivity index (χ1n) is 13.0. The summed E-state index contributed by atoms with van der Waals surface area (Å²) < 4.78 is 34.3. The van der Waals surface area contributed by atoms with E-state index in [1.54, 1.807) is 31.5 Å². The van der Waals surface area contributed by atoms with E-state index in [0.29, 0.717) is 24.4 Å². The number of benzene rings is 2. The van der Waals surface area contributed by atoms with Crippen LogP contribution in [0.5, 0.6) is 11.6 Å². The van der Waals surface area contributed by atoms with Crippen LogP contribution in [0.2, 0.25) is 0 Å². The van der Waals surface area contributed by atoms with E-state index in [9.17, 15) is 18.3 Å². The SMILES string of the molecule is CCCCc1nc(O)c(S(=O)(=O)c2ccc(-c3cccnc3C)cc2)c(=O)n1[C@@H](CC)c1cccc(OC)c1. The van der Waals surface area contributed by atoms with Crippen LogP contribution in [0.3, 0.4) is 0 Å². The third-order valence-corrected chi connectivity index (χ3v) is 8.60. The molecule has 2 heterocycles. The lowest BCUT2D eigenvalue weighted by Crippen LogP contribution is -2.33. The highest BCUT2D eigenvalue weighted by atomic mass is 32.2. The molecule has 4 rings (SSSR count). The van der Waals surface area contributed by atoms with Gasteiger partial charge in [0.2, 0.25) is 15.7 Å². The van der Waals surface area contributed by atoms with E-state index in [2.05, 4.69) is 9.97 Å². The number of aromatic nitrogens is 3. The zero-order chi connectivity index (χ0) is 28.2. The maximum atomic E-state index is 14.0. The van der Waals surface area contributed by atoms with Gasteiger partial charge in [0.05, 0.1) is 18.0 Å². The minimum absolute atomic E-state index is 0.107. The Morgan fingerprint density at radius 3 is 2.44 bits per heavy atom. The van der Waals surface area contributed by atoms with Crippen LogP contribution in [0.25, 0.3) is 11.1 Å². The fourth-order valence-electron chi connectivity index (χ4n) is 4.75. The highest BCUT2D eigenvalue weighted by Gasteiger charge is 2.31. The lowest BCUT2D eigenvalue weighted by molar-refractivity contribution is 0.402. The summed E-state index contributed by atoms with van der Waals surface area (Å²) in [5.74, 6) is 0.183. The minimum atomic E-state index is -4.39. The van der Waals surface area contributed by atoms with Gasteiger partial charge in [0.25, 0.3) is 5.56 Å². The summed E-state index contributed by atoms with van der Waals surface area (Å²) in [7, 11) is -2.83. The molecular weight excluding hydrogens is 514 g/mol. The predicted octanol–water partition coefficient (Wildman–Crippen LogP) is 5.50. The van der Waals surface area contributed by atoms with Crippen LogP contribution >= 0.6 is 0 Å². The Morgan fingerprint density at radius 2 is 1.79 bits per heavy atom. The Hall–Kier alpha value is -3.98. The third-order valence-electron chi connectivity index (χ3n) is 6.81. The van der Waals surface area contributed by atoms with Crippen molar-refractivity contribution in [1.82, 2.24) is 14.5 Å². The molecule has 0 fully saturated rings. The standard InChI is InChI=1S/C30H33N3O5S/c1-5-7-13-27-32-29(34)28(30(35)33(27)26(6-2)22-10-8-11-23(19-22)38-4)39(36,37)24-16-14-21(15-17-24)25-12-9-18-31-20(25)3/h8-12,14-19,26,34H,5-7,13H2,1-4H3/t26-/m0/s1. The summed E-state index contributed by atoms with van der Waals surface area (Å²) >= 11 is 0. The molecule has 8 nitrogen and oxygen atoms in total. The second-order valence-electron chi connectivity index (χ2n) is 9.32. The van der Waals surface area contributed by atoms with Crippen molar-refractivity contribution in [2.75, 3.05) is 7.11 Å². The first-order valence-corrected chi connectivity index (χ1v) is 14.5. The molecule has 9 heteroatoms. The van der Waals surface area contributed by atoms with Gasteiger partial charge >= 0.3 is 0 Å². The van der Waals surface area contributed by atoms with E-state index in [4.69, 9.17) is 4.74 Å². The van der Waals surface area contributed by atoms with E-state index in [0.717, 1.165) is 35.2 Å². The van der Waals surface area contributed by atoms with Crippen LogP contribution in [-0.2, 0) is 16.3 Å². The Labute approximate surface area is 228 Å². The van der Waals surface area contributed by atoms with Crippen molar-refractivity contribution in [1.29, 1.82) is 0 Å². The van der Waals surface area contributed by atoms with E-state index in [1.165, 1.54) is 16.7 Å². The highest BCUT2D eigenvalue weighted by Crippen LogP contribution is 2.31. The molecule has 0 amide bonds. The molecule has 0 aliphatic heterocycles. The predicted molar refractivity (Wildman–Crippen MR) is 150 cm³/mol. The summed E-state index contributed by atoms with van der Waals surface area (Å²) in [6.07, 6.45) is 4.17. The second-order valence-corrected chi connectivity index (χ2v) is 11.2. The smallest absolute Gasteiger partial charge is 0.277 e. The van der Waals surface area contributed by atoms with Crippen molar-refractivity contribution in [2.45, 2.75) is 62.3 Å². The molecule has 0 spiro atoms. The van der Waals surface area contributed by atoms with E-state index < -0.39 is 32.2 Å². The van der Waals surface area contributed by atoms with Gasteiger partial charge in [-0.25, -0.2) is 8.42 Å². The van der Waals surface area contributed by atoms with E-state index in [1.807, 2.05) is 51.1 Å². The monoisotopic (exact) mass is 547 g/mol. The Kier molecular flexibility index (Phi) is 8.50. The fraction of sp³-hybridized carbons (Fsp3) is 0.300. The molecule has 0 aliphatic rings. The van der Waals surface area contributed by atoms with Crippen molar-refractivity contribution < 1.29 is 18.3 Å². The Balaban J connectivity index is 1.87. The zero-order valence-electron chi connectivity index (χ0n) is 22.6. The van der Waals surface area contributed by atoms with Gasteiger partial charge in [0.1, 0.15) is 11.6 Å². The quantitative estimate of drug-likeness (QED) is 0.279. The first-order chi connectivity index (χ1) is 18.7. The second kappa shape index (κ2) is 11.8. The van der Waals surface area contributed by atoms with Crippen LogP contribution in [0, 0.1) is 6.92 Å². The van der Waals surface area contributed by atoms with Gasteiger partial charge < -0.3 is 9.84 Å². The first kappa shape index (κ1) is 28.0. The van der Waals surface area contributed by atoms with Gasteiger partial charge in [-0.1, -0.05) is 50.6 Å². The molecule has 0 saturated carbocycles. The van der Waals surface area contributed by atoms with Crippen LogP contribution in [0.15, 0.2) is 81.4 Å². The van der Waals surface area contributed by atoms with Gasteiger partial charge in [0, 0.05) is 23.9 Å². The van der Waals surface area contributed by atoms with Crippen molar-refractivity contribution in [3.05, 3.63) is 94.3 Å². The van der Waals surface area contributed by atoms with Crippen LogP contribution in [0.1, 0.15) is 56.2 Å². The maximum Gasteiger partial charge on any atom is 0.277 e. The van der Waals surface area contributed by atoms with Crippen molar-refractivity contribution in [3.8, 4) is 22.8 Å². The lowest BCUT2D eigenvalue weighted by Gasteiger charge is -2.23. The summed E-state index contributed by atoms with van der Waals surface area (Å²) in [5.41, 5.74) is 2.46. The van der Waals surface area contributed by atoms with Gasteiger partial charge in [-0.2, -0.15) is 4.98 Å². The number of hydrogen-bond acceptors (Lipinski definition) is 7. The molecule has 1 N–H and O–H groups in total. The Morgan fingerprint density at radius 1 is 1.05 bits per heavy atom. The molecule has 2 aromatic carbocycles. The number of pyridine rings is 1. The summed E-state index contributed by atoms with van der Waals surface area (Å²) in [6.45, 7) is 5.80. The Bertz CT molecular complexity index is 1630. The number of nitrogens with zero attached hydrogens (tertiary/aromatic N) is 3. The summed E-state index contributed by atoms with van der Waals surface area (Å²) in [4.78, 5) is 21.7. The van der Waals surface area contributed by atoms with Gasteiger partial charge in [-0.3, -0.25) is 14.3 Å². The topological polar surface area (TPSA) is 111 Å². The highest BCUT2D eigenvalue weighted by molar-refractivity contribution is 7.91. The van der Waals surface area contributed by atoms with Crippen LogP contribution in [-0.4, -0.2) is 35.2 Å². The van der Waals surface area contributed by atoms with Crippen LogP contribution < -0.4 is 10.3 Å². The van der Waals surface area contributed by atoms with Crippen molar-refractivity contribution in [2.24, 2.45) is 0 Å². The molecule has 39 heavy (non-hydrogen) atoms. The lowest BCUT2D eigenvalue weighted by atomic mass is 10.0. The number of sulfone groups is 1. The van der Waals surface area contributed by atoms with Crippen LogP contribution in [0.4, 0.5) is 0 Å². The van der Waals surface area contributed by atoms with Gasteiger partial charge in [0.15, 0.2) is 4.90 Å². The average Bonchev–Trinajstić information content (AvgIpc) is 2.94. The molecule has 0 unspecified atom stereocenters. The molecule has 0 bridgehead atoms. The minimum Gasteiger partial charge on any atom is -0.497 e. The number of aromatic hydroxyl groups is 1.